The van der Waals surface area contributed by atoms with E-state index in [9.17, 15) is 0 Å². The van der Waals surface area contributed by atoms with Gasteiger partial charge in [-0.05, 0) is 19.4 Å². The molecule has 1 fully saturated rings. The normalized spacial score (nSPS) is 43.0. The highest BCUT2D eigenvalue weighted by Crippen LogP contribution is 2.36. The molecule has 1 saturated heterocycles. The van der Waals surface area contributed by atoms with E-state index in [0.717, 1.165) is 0 Å². The van der Waals surface area contributed by atoms with Crippen LogP contribution in [-0.4, -0.2) is 11.8 Å². The molecule has 0 aromatic rings. The quantitative estimate of drug-likeness (QED) is 0.219. The highest BCUT2D eigenvalue weighted by molar-refractivity contribution is 4.93. The maximum atomic E-state index is 7.94. The van der Waals surface area contributed by atoms with E-state index < -0.39 is 5.72 Å². The molecule has 1 aliphatic rings. The largest absolute Gasteiger partial charge is 0.360 e. The van der Waals surface area contributed by atoms with Gasteiger partial charge in [0.25, 0.3) is 0 Å². The summed E-state index contributed by atoms with van der Waals surface area (Å²) in [6, 6.07) is 0. The predicted octanol–water partition coefficient (Wildman–Crippen LogP) is 1.43. The Kier molecular flexibility index (Phi) is 0.927. The molecule has 0 aromatic carbocycles. The molecule has 0 spiro atoms. The first kappa shape index (κ1) is 5.41. The molecule has 0 amide bonds. The summed E-state index contributed by atoms with van der Waals surface area (Å²) < 4.78 is 4.92. The maximum Gasteiger partial charge on any atom is 0.170 e. The van der Waals surface area contributed by atoms with Crippen LogP contribution in [0.25, 0.3) is 10.4 Å². The van der Waals surface area contributed by atoms with Crippen LogP contribution in [0.4, 0.5) is 0 Å². The Morgan fingerprint density at radius 3 is 2.50 bits per heavy atom. The van der Waals surface area contributed by atoms with Crippen molar-refractivity contribution < 1.29 is 4.74 Å². The molecule has 4 heteroatoms. The maximum absolute atomic E-state index is 7.94. The van der Waals surface area contributed by atoms with Gasteiger partial charge in [-0.25, -0.2) is 0 Å². The van der Waals surface area contributed by atoms with Crippen molar-refractivity contribution in [1.29, 1.82) is 0 Å². The summed E-state index contributed by atoms with van der Waals surface area (Å²) in [6.07, 6.45) is 0.0957. The lowest BCUT2D eigenvalue weighted by molar-refractivity contribution is 0.318. The topological polar surface area (TPSA) is 61.3 Å². The molecule has 0 saturated carbocycles. The average Bonchev–Trinajstić information content (AvgIpc) is 2.16. The van der Waals surface area contributed by atoms with Crippen LogP contribution in [0, 0.1) is 0 Å². The molecule has 0 aliphatic carbocycles. The summed E-state index contributed by atoms with van der Waals surface area (Å²) in [5, 5.41) is 3.41. The molecule has 0 radical (unpaired) electrons. The fraction of sp³-hybridized carbons (Fsp3) is 1.00. The second kappa shape index (κ2) is 1.37. The van der Waals surface area contributed by atoms with E-state index in [1.54, 1.807) is 6.92 Å². The van der Waals surface area contributed by atoms with Crippen molar-refractivity contribution in [3.05, 3.63) is 10.4 Å². The van der Waals surface area contributed by atoms with Gasteiger partial charge >= 0.3 is 0 Å². The highest BCUT2D eigenvalue weighted by atomic mass is 16.6. The number of hydrogen-bond donors (Lipinski definition) is 0. The number of azide groups is 1. The van der Waals surface area contributed by atoms with Gasteiger partial charge in [0.15, 0.2) is 5.72 Å². The second-order valence-corrected chi connectivity index (χ2v) is 2.00. The van der Waals surface area contributed by atoms with Crippen molar-refractivity contribution in [1.82, 2.24) is 0 Å². The summed E-state index contributed by atoms with van der Waals surface area (Å²) in [7, 11) is 0. The number of nitrogens with zero attached hydrogens (tertiary/aromatic N) is 3. The molecule has 2 unspecified atom stereocenters. The molecular formula is C4H7N3O. The van der Waals surface area contributed by atoms with Crippen LogP contribution in [0.15, 0.2) is 5.11 Å². The van der Waals surface area contributed by atoms with Gasteiger partial charge < -0.3 is 4.74 Å². The Hall–Kier alpha value is -0.730. The van der Waals surface area contributed by atoms with Crippen LogP contribution in [0.1, 0.15) is 13.8 Å². The number of rotatable bonds is 1. The average molecular weight is 113 g/mol. The smallest absolute Gasteiger partial charge is 0.170 e. The monoisotopic (exact) mass is 113 g/mol. The molecule has 2 atom stereocenters. The first-order valence-electron chi connectivity index (χ1n) is 2.43. The highest BCUT2D eigenvalue weighted by Gasteiger charge is 2.48. The van der Waals surface area contributed by atoms with E-state index in [-0.39, 0.29) is 6.10 Å². The summed E-state index contributed by atoms with van der Waals surface area (Å²) in [5.41, 5.74) is 7.40. The molecule has 44 valence electrons. The van der Waals surface area contributed by atoms with E-state index in [0.29, 0.717) is 0 Å². The number of ether oxygens (including phenoxy) is 1. The van der Waals surface area contributed by atoms with Crippen molar-refractivity contribution in [2.45, 2.75) is 25.7 Å². The lowest BCUT2D eigenvalue weighted by atomic mass is 10.3. The van der Waals surface area contributed by atoms with Crippen LogP contribution in [0.5, 0.6) is 0 Å². The van der Waals surface area contributed by atoms with E-state index in [4.69, 9.17) is 10.3 Å². The zero-order chi connectivity index (χ0) is 6.20. The Balaban J connectivity index is 2.59. The van der Waals surface area contributed by atoms with Crippen LogP contribution in [-0.2, 0) is 4.74 Å². The third-order valence-electron chi connectivity index (χ3n) is 1.36. The minimum absolute atomic E-state index is 0.0957. The molecule has 1 heterocycles. The van der Waals surface area contributed by atoms with Crippen LogP contribution in [0.2, 0.25) is 0 Å². The van der Waals surface area contributed by atoms with Gasteiger partial charge in [-0.15, -0.1) is 0 Å². The molecule has 8 heavy (non-hydrogen) atoms. The molecule has 0 N–H and O–H groups in total. The van der Waals surface area contributed by atoms with Gasteiger partial charge in [0, 0.05) is 4.91 Å². The van der Waals surface area contributed by atoms with Crippen molar-refractivity contribution in [3.63, 3.8) is 0 Å². The first-order valence-corrected chi connectivity index (χ1v) is 2.43. The molecule has 0 aromatic heterocycles. The first-order chi connectivity index (χ1) is 3.69. The Labute approximate surface area is 47.1 Å². The predicted molar refractivity (Wildman–Crippen MR) is 28.1 cm³/mol. The molecule has 1 aliphatic heterocycles. The zero-order valence-corrected chi connectivity index (χ0v) is 4.83. The fourth-order valence-corrected chi connectivity index (χ4v) is 0.518. The van der Waals surface area contributed by atoms with E-state index >= 15 is 0 Å². The standard InChI is InChI=1S/C4H7N3O/c1-3-4(2,8-3)6-7-5/h3H,1-2H3. The SMILES string of the molecule is CC1OC1(C)N=[N+]=[N-]. The van der Waals surface area contributed by atoms with Gasteiger partial charge in [0.1, 0.15) is 0 Å². The van der Waals surface area contributed by atoms with Gasteiger partial charge in [-0.1, -0.05) is 5.11 Å². The third-order valence-corrected chi connectivity index (χ3v) is 1.36. The van der Waals surface area contributed by atoms with E-state index in [2.05, 4.69) is 10.0 Å². The van der Waals surface area contributed by atoms with Gasteiger partial charge in [-0.3, -0.25) is 0 Å². The van der Waals surface area contributed by atoms with Crippen LogP contribution < -0.4 is 0 Å². The summed E-state index contributed by atoms with van der Waals surface area (Å²) in [5.74, 6) is 0. The Bertz CT molecular complexity index is 151. The summed E-state index contributed by atoms with van der Waals surface area (Å²) in [4.78, 5) is 2.62. The lowest BCUT2D eigenvalue weighted by Crippen LogP contribution is -1.99. The van der Waals surface area contributed by atoms with E-state index in [1.165, 1.54) is 0 Å². The Morgan fingerprint density at radius 2 is 2.38 bits per heavy atom. The number of epoxide rings is 1. The van der Waals surface area contributed by atoms with Crippen LogP contribution in [0.3, 0.4) is 0 Å². The van der Waals surface area contributed by atoms with Crippen molar-refractivity contribution >= 4 is 0 Å². The van der Waals surface area contributed by atoms with Crippen LogP contribution >= 0.6 is 0 Å². The molecule has 0 bridgehead atoms. The Morgan fingerprint density at radius 1 is 1.88 bits per heavy atom. The van der Waals surface area contributed by atoms with E-state index in [1.807, 2.05) is 6.92 Å². The number of hydrogen-bond acceptors (Lipinski definition) is 2. The summed E-state index contributed by atoms with van der Waals surface area (Å²) >= 11 is 0. The van der Waals surface area contributed by atoms with Crippen molar-refractivity contribution in [3.8, 4) is 0 Å². The lowest BCUT2D eigenvalue weighted by Gasteiger charge is -1.86. The minimum Gasteiger partial charge on any atom is -0.360 e. The zero-order valence-electron chi connectivity index (χ0n) is 4.83. The van der Waals surface area contributed by atoms with Gasteiger partial charge in [0.2, 0.25) is 0 Å². The fourth-order valence-electron chi connectivity index (χ4n) is 0.518. The summed E-state index contributed by atoms with van der Waals surface area (Å²) in [6.45, 7) is 3.63. The van der Waals surface area contributed by atoms with Crippen molar-refractivity contribution in [2.24, 2.45) is 5.11 Å². The van der Waals surface area contributed by atoms with Gasteiger partial charge in [0.05, 0.1) is 6.10 Å². The minimum atomic E-state index is -0.533. The third kappa shape index (κ3) is 0.638. The molecule has 4 nitrogen and oxygen atoms in total. The van der Waals surface area contributed by atoms with Gasteiger partial charge in [-0.2, -0.15) is 0 Å². The molecule has 1 rings (SSSR count). The van der Waals surface area contributed by atoms with Crippen molar-refractivity contribution in [2.75, 3.05) is 0 Å². The second-order valence-electron chi connectivity index (χ2n) is 2.00. The molecular weight excluding hydrogens is 106 g/mol.